The van der Waals surface area contributed by atoms with Crippen molar-refractivity contribution in [1.82, 2.24) is 14.9 Å². The lowest BCUT2D eigenvalue weighted by Crippen LogP contribution is -2.45. The molecule has 0 radical (unpaired) electrons. The number of carbonyl (C=O) groups excluding carboxylic acids is 2. The first-order valence-electron chi connectivity index (χ1n) is 10.0. The molecule has 1 aliphatic heterocycles. The Morgan fingerprint density at radius 2 is 2.03 bits per heavy atom. The number of amides is 2. The first-order chi connectivity index (χ1) is 15.5. The van der Waals surface area contributed by atoms with E-state index in [1.165, 1.54) is 23.1 Å². The van der Waals surface area contributed by atoms with Crippen LogP contribution in [0.5, 0.6) is 5.75 Å². The van der Waals surface area contributed by atoms with Gasteiger partial charge >= 0.3 is 0 Å². The lowest BCUT2D eigenvalue weighted by atomic mass is 10.2. The molecule has 0 saturated heterocycles. The van der Waals surface area contributed by atoms with Crippen molar-refractivity contribution in [2.45, 2.75) is 13.0 Å². The SMILES string of the molecule is O=C(CN1C(=O)COc2ccc([N+](=O)[O-])cc21)NCCc1nccn1Cc1ccccc1. The number of nitrogens with zero attached hydrogens (tertiary/aromatic N) is 4. The van der Waals surface area contributed by atoms with E-state index in [2.05, 4.69) is 10.3 Å². The molecule has 0 saturated carbocycles. The molecule has 0 bridgehead atoms. The number of benzene rings is 2. The summed E-state index contributed by atoms with van der Waals surface area (Å²) < 4.78 is 7.33. The van der Waals surface area contributed by atoms with Crippen LogP contribution in [0.25, 0.3) is 0 Å². The van der Waals surface area contributed by atoms with Gasteiger partial charge in [0.15, 0.2) is 6.61 Å². The highest BCUT2D eigenvalue weighted by atomic mass is 16.6. The van der Waals surface area contributed by atoms with E-state index in [0.717, 1.165) is 11.4 Å². The highest BCUT2D eigenvalue weighted by Gasteiger charge is 2.29. The van der Waals surface area contributed by atoms with Gasteiger partial charge in [0.25, 0.3) is 11.6 Å². The van der Waals surface area contributed by atoms with Gasteiger partial charge in [-0.3, -0.25) is 24.6 Å². The van der Waals surface area contributed by atoms with E-state index in [0.29, 0.717) is 25.3 Å². The van der Waals surface area contributed by atoms with E-state index in [1.807, 2.05) is 41.1 Å². The summed E-state index contributed by atoms with van der Waals surface area (Å²) in [6.07, 6.45) is 4.13. The van der Waals surface area contributed by atoms with Gasteiger partial charge in [0.1, 0.15) is 18.1 Å². The summed E-state index contributed by atoms with van der Waals surface area (Å²) >= 11 is 0. The zero-order chi connectivity index (χ0) is 22.5. The number of fused-ring (bicyclic) bond motifs is 1. The van der Waals surface area contributed by atoms with E-state index in [9.17, 15) is 19.7 Å². The van der Waals surface area contributed by atoms with Crippen LogP contribution in [0.4, 0.5) is 11.4 Å². The van der Waals surface area contributed by atoms with Crippen molar-refractivity contribution < 1.29 is 19.2 Å². The number of ether oxygens (including phenoxy) is 1. The fourth-order valence-electron chi connectivity index (χ4n) is 3.48. The van der Waals surface area contributed by atoms with Crippen LogP contribution in [0.2, 0.25) is 0 Å². The molecule has 0 fully saturated rings. The molecular weight excluding hydrogens is 414 g/mol. The second kappa shape index (κ2) is 9.29. The molecule has 0 aliphatic carbocycles. The molecule has 1 N–H and O–H groups in total. The monoisotopic (exact) mass is 435 g/mol. The van der Waals surface area contributed by atoms with E-state index in [1.54, 1.807) is 6.20 Å². The Balaban J connectivity index is 1.35. The maximum Gasteiger partial charge on any atom is 0.271 e. The van der Waals surface area contributed by atoms with Gasteiger partial charge in [-0.25, -0.2) is 4.98 Å². The highest BCUT2D eigenvalue weighted by molar-refractivity contribution is 6.02. The summed E-state index contributed by atoms with van der Waals surface area (Å²) in [6, 6.07) is 13.9. The van der Waals surface area contributed by atoms with Crippen LogP contribution < -0.4 is 15.0 Å². The molecule has 3 aromatic rings. The third-order valence-corrected chi connectivity index (χ3v) is 5.07. The van der Waals surface area contributed by atoms with Crippen molar-refractivity contribution in [3.63, 3.8) is 0 Å². The number of imidazole rings is 1. The zero-order valence-electron chi connectivity index (χ0n) is 17.1. The lowest BCUT2D eigenvalue weighted by Gasteiger charge is -2.28. The van der Waals surface area contributed by atoms with Gasteiger partial charge in [-0.15, -0.1) is 0 Å². The quantitative estimate of drug-likeness (QED) is 0.426. The van der Waals surface area contributed by atoms with Crippen LogP contribution in [-0.2, 0) is 22.6 Å². The maximum atomic E-state index is 12.5. The van der Waals surface area contributed by atoms with E-state index >= 15 is 0 Å². The van der Waals surface area contributed by atoms with Crippen LogP contribution in [0, 0.1) is 10.1 Å². The molecule has 1 aromatic heterocycles. The van der Waals surface area contributed by atoms with E-state index in [-0.39, 0.29) is 30.4 Å². The van der Waals surface area contributed by atoms with Gasteiger partial charge in [0.2, 0.25) is 5.91 Å². The van der Waals surface area contributed by atoms with E-state index in [4.69, 9.17) is 4.74 Å². The molecule has 1 aliphatic rings. The predicted molar refractivity (Wildman–Crippen MR) is 115 cm³/mol. The van der Waals surface area contributed by atoms with Crippen LogP contribution in [0.15, 0.2) is 60.9 Å². The van der Waals surface area contributed by atoms with Crippen LogP contribution >= 0.6 is 0 Å². The van der Waals surface area contributed by atoms with Gasteiger partial charge in [-0.1, -0.05) is 30.3 Å². The summed E-state index contributed by atoms with van der Waals surface area (Å²) in [5, 5.41) is 13.9. The molecular formula is C22H21N5O5. The van der Waals surface area contributed by atoms with Gasteiger partial charge in [0.05, 0.1) is 10.6 Å². The average Bonchev–Trinajstić information content (AvgIpc) is 3.23. The van der Waals surface area contributed by atoms with Gasteiger partial charge in [0, 0.05) is 44.0 Å². The minimum Gasteiger partial charge on any atom is -0.482 e. The number of hydrogen-bond acceptors (Lipinski definition) is 6. The molecule has 0 atom stereocenters. The number of nitro benzene ring substituents is 1. The smallest absolute Gasteiger partial charge is 0.271 e. The fourth-order valence-corrected chi connectivity index (χ4v) is 3.48. The van der Waals surface area contributed by atoms with Crippen LogP contribution in [0.1, 0.15) is 11.4 Å². The standard InChI is InChI=1S/C22H21N5O5/c28-21(14-26-18-12-17(27(30)31)6-7-19(18)32-15-22(26)29)24-9-8-20-23-10-11-25(20)13-16-4-2-1-3-5-16/h1-7,10-12H,8-9,13-15H2,(H,24,28). The Labute approximate surface area is 183 Å². The topological polar surface area (TPSA) is 120 Å². The summed E-state index contributed by atoms with van der Waals surface area (Å²) in [5.74, 6) is 0.342. The first-order valence-corrected chi connectivity index (χ1v) is 10.0. The van der Waals surface area contributed by atoms with Crippen molar-refractivity contribution in [2.75, 3.05) is 24.6 Å². The number of nitrogens with one attached hydrogen (secondary N) is 1. The summed E-state index contributed by atoms with van der Waals surface area (Å²) in [4.78, 5) is 40.8. The summed E-state index contributed by atoms with van der Waals surface area (Å²) in [6.45, 7) is 0.538. The minimum atomic E-state index is -0.560. The summed E-state index contributed by atoms with van der Waals surface area (Å²) in [7, 11) is 0. The van der Waals surface area contributed by atoms with Crippen molar-refractivity contribution >= 4 is 23.2 Å². The van der Waals surface area contributed by atoms with E-state index < -0.39 is 10.8 Å². The molecule has 10 heteroatoms. The second-order valence-electron chi connectivity index (χ2n) is 7.23. The normalized spacial score (nSPS) is 12.8. The third-order valence-electron chi connectivity index (χ3n) is 5.07. The fraction of sp³-hybridized carbons (Fsp3) is 0.227. The molecule has 2 aromatic carbocycles. The van der Waals surface area contributed by atoms with Crippen LogP contribution in [-0.4, -0.2) is 46.0 Å². The first kappa shape index (κ1) is 21.0. The number of non-ortho nitro benzene ring substituents is 1. The van der Waals surface area contributed by atoms with Crippen molar-refractivity contribution in [3.05, 3.63) is 82.4 Å². The molecule has 10 nitrogen and oxygen atoms in total. The molecule has 4 rings (SSSR count). The number of nitro groups is 1. The zero-order valence-corrected chi connectivity index (χ0v) is 17.1. The molecule has 164 valence electrons. The Bertz CT molecular complexity index is 1140. The van der Waals surface area contributed by atoms with Crippen molar-refractivity contribution in [1.29, 1.82) is 0 Å². The lowest BCUT2D eigenvalue weighted by molar-refractivity contribution is -0.384. The average molecular weight is 435 g/mol. The molecule has 0 spiro atoms. The number of carbonyl (C=O) groups is 2. The molecule has 0 unspecified atom stereocenters. The maximum absolute atomic E-state index is 12.5. The number of hydrogen-bond donors (Lipinski definition) is 1. The summed E-state index contributed by atoms with van der Waals surface area (Å²) in [5.41, 5.74) is 1.18. The minimum absolute atomic E-state index is 0.183. The second-order valence-corrected chi connectivity index (χ2v) is 7.23. The predicted octanol–water partition coefficient (Wildman–Crippen LogP) is 1.92. The number of anilines is 1. The Hall–Kier alpha value is -4.21. The Kier molecular flexibility index (Phi) is 6.11. The van der Waals surface area contributed by atoms with Gasteiger partial charge in [-0.2, -0.15) is 0 Å². The number of rotatable bonds is 8. The third kappa shape index (κ3) is 4.75. The van der Waals surface area contributed by atoms with Gasteiger partial charge < -0.3 is 14.6 Å². The molecule has 2 amide bonds. The van der Waals surface area contributed by atoms with Crippen LogP contribution in [0.3, 0.4) is 0 Å². The largest absolute Gasteiger partial charge is 0.482 e. The van der Waals surface area contributed by atoms with Gasteiger partial charge in [-0.05, 0) is 11.6 Å². The molecule has 2 heterocycles. The number of aromatic nitrogens is 2. The molecule has 32 heavy (non-hydrogen) atoms. The van der Waals surface area contributed by atoms with Crippen molar-refractivity contribution in [2.24, 2.45) is 0 Å². The Morgan fingerprint density at radius 3 is 2.81 bits per heavy atom. The van der Waals surface area contributed by atoms with Crippen molar-refractivity contribution in [3.8, 4) is 5.75 Å². The highest BCUT2D eigenvalue weighted by Crippen LogP contribution is 2.35. The Morgan fingerprint density at radius 1 is 1.22 bits per heavy atom.